The predicted molar refractivity (Wildman–Crippen MR) is 68.2 cm³/mol. The molecule has 1 amide bonds. The first-order chi connectivity index (χ1) is 8.70. The number of pyridine rings is 1. The van der Waals surface area contributed by atoms with Crippen LogP contribution in [0, 0.1) is 0 Å². The minimum Gasteiger partial charge on any atom is -0.456 e. The maximum Gasteiger partial charge on any atom is 0.287 e. The average molecular weight is 244 g/mol. The Morgan fingerprint density at radius 3 is 2.83 bits per heavy atom. The van der Waals surface area contributed by atoms with Gasteiger partial charge < -0.3 is 9.73 Å². The topological polar surface area (TPSA) is 55.1 Å². The molecular formula is C14H16N2O2. The smallest absolute Gasteiger partial charge is 0.287 e. The molecule has 1 atom stereocenters. The van der Waals surface area contributed by atoms with Gasteiger partial charge in [0.05, 0.1) is 11.7 Å². The van der Waals surface area contributed by atoms with E-state index >= 15 is 0 Å². The molecule has 0 unspecified atom stereocenters. The Morgan fingerprint density at radius 2 is 2.22 bits per heavy atom. The van der Waals surface area contributed by atoms with Gasteiger partial charge in [0.15, 0.2) is 5.76 Å². The van der Waals surface area contributed by atoms with E-state index in [-0.39, 0.29) is 11.9 Å². The fourth-order valence-corrected chi connectivity index (χ4v) is 1.66. The Kier molecular flexibility index (Phi) is 3.77. The van der Waals surface area contributed by atoms with Crippen molar-refractivity contribution in [3.05, 3.63) is 53.7 Å². The monoisotopic (exact) mass is 244 g/mol. The molecule has 0 aromatic carbocycles. The van der Waals surface area contributed by atoms with Crippen molar-refractivity contribution in [2.75, 3.05) is 0 Å². The molecule has 2 heterocycles. The summed E-state index contributed by atoms with van der Waals surface area (Å²) >= 11 is 0. The van der Waals surface area contributed by atoms with Gasteiger partial charge in [0.25, 0.3) is 5.91 Å². The van der Waals surface area contributed by atoms with Crippen molar-refractivity contribution in [1.82, 2.24) is 10.3 Å². The summed E-state index contributed by atoms with van der Waals surface area (Å²) in [6, 6.07) is 8.99. The number of carbonyl (C=O) groups excluding carboxylic acids is 1. The van der Waals surface area contributed by atoms with Crippen molar-refractivity contribution in [3.8, 4) is 0 Å². The summed E-state index contributed by atoms with van der Waals surface area (Å²) in [6.07, 6.45) is 2.49. The normalized spacial score (nSPS) is 12.1. The Hall–Kier alpha value is -2.10. The Morgan fingerprint density at radius 1 is 1.39 bits per heavy atom. The molecule has 0 fully saturated rings. The standard InChI is InChI=1S/C14H16N2O2/c1-3-11-7-8-13(18-11)14(17)16-10(2)12-6-4-5-9-15-12/h4-10H,3H2,1-2H3,(H,16,17)/t10-/m1/s1. The van der Waals surface area contributed by atoms with Crippen LogP contribution in [0.1, 0.15) is 41.9 Å². The second-order valence-electron chi connectivity index (χ2n) is 4.07. The minimum absolute atomic E-state index is 0.145. The van der Waals surface area contributed by atoms with Crippen LogP contribution in [-0.2, 0) is 6.42 Å². The first kappa shape index (κ1) is 12.4. The number of furan rings is 1. The molecule has 0 bridgehead atoms. The van der Waals surface area contributed by atoms with Crippen molar-refractivity contribution >= 4 is 5.91 Å². The molecule has 0 spiro atoms. The van der Waals surface area contributed by atoms with E-state index in [9.17, 15) is 4.79 Å². The van der Waals surface area contributed by atoms with E-state index in [1.165, 1.54) is 0 Å². The van der Waals surface area contributed by atoms with E-state index in [1.807, 2.05) is 38.1 Å². The lowest BCUT2D eigenvalue weighted by Gasteiger charge is -2.11. The molecule has 18 heavy (non-hydrogen) atoms. The lowest BCUT2D eigenvalue weighted by molar-refractivity contribution is 0.0909. The summed E-state index contributed by atoms with van der Waals surface area (Å²) in [5, 5.41) is 2.85. The third-order valence-corrected chi connectivity index (χ3v) is 2.71. The van der Waals surface area contributed by atoms with Gasteiger partial charge in [-0.25, -0.2) is 0 Å². The van der Waals surface area contributed by atoms with Gasteiger partial charge in [-0.05, 0) is 31.2 Å². The Labute approximate surface area is 106 Å². The van der Waals surface area contributed by atoms with Crippen LogP contribution in [0.15, 0.2) is 40.9 Å². The predicted octanol–water partition coefficient (Wildman–Crippen LogP) is 2.73. The number of hydrogen-bond donors (Lipinski definition) is 1. The molecule has 2 rings (SSSR count). The molecule has 0 saturated carbocycles. The van der Waals surface area contributed by atoms with Crippen LogP contribution in [0.25, 0.3) is 0 Å². The molecule has 1 N–H and O–H groups in total. The van der Waals surface area contributed by atoms with E-state index in [4.69, 9.17) is 4.42 Å². The fraction of sp³-hybridized carbons (Fsp3) is 0.286. The van der Waals surface area contributed by atoms with Crippen molar-refractivity contribution in [2.45, 2.75) is 26.3 Å². The minimum atomic E-state index is -0.215. The van der Waals surface area contributed by atoms with Crippen molar-refractivity contribution in [3.63, 3.8) is 0 Å². The molecule has 0 aliphatic heterocycles. The second kappa shape index (κ2) is 5.49. The van der Waals surface area contributed by atoms with Crippen molar-refractivity contribution in [1.29, 1.82) is 0 Å². The first-order valence-corrected chi connectivity index (χ1v) is 6.01. The lowest BCUT2D eigenvalue weighted by atomic mass is 10.2. The Balaban J connectivity index is 2.03. The van der Waals surface area contributed by atoms with Crippen LogP contribution < -0.4 is 5.32 Å². The summed E-state index contributed by atoms with van der Waals surface area (Å²) in [5.41, 5.74) is 0.827. The van der Waals surface area contributed by atoms with Crippen molar-refractivity contribution in [2.24, 2.45) is 0 Å². The van der Waals surface area contributed by atoms with Gasteiger partial charge in [0.1, 0.15) is 5.76 Å². The maximum atomic E-state index is 11.9. The van der Waals surface area contributed by atoms with Gasteiger partial charge in [-0.1, -0.05) is 13.0 Å². The van der Waals surface area contributed by atoms with E-state index in [1.54, 1.807) is 12.3 Å². The van der Waals surface area contributed by atoms with Crippen LogP contribution in [0.2, 0.25) is 0 Å². The highest BCUT2D eigenvalue weighted by atomic mass is 16.3. The van der Waals surface area contributed by atoms with Gasteiger partial charge in [-0.3, -0.25) is 9.78 Å². The van der Waals surface area contributed by atoms with Crippen LogP contribution in [-0.4, -0.2) is 10.9 Å². The molecule has 0 radical (unpaired) electrons. The van der Waals surface area contributed by atoms with Crippen molar-refractivity contribution < 1.29 is 9.21 Å². The molecular weight excluding hydrogens is 228 g/mol. The number of aromatic nitrogens is 1. The van der Waals surface area contributed by atoms with Gasteiger partial charge in [-0.2, -0.15) is 0 Å². The third kappa shape index (κ3) is 2.77. The SMILES string of the molecule is CCc1ccc(C(=O)N[C@H](C)c2ccccn2)o1. The van der Waals surface area contributed by atoms with Crippen LogP contribution in [0.4, 0.5) is 0 Å². The number of carbonyl (C=O) groups is 1. The van der Waals surface area contributed by atoms with Gasteiger partial charge in [-0.15, -0.1) is 0 Å². The summed E-state index contributed by atoms with van der Waals surface area (Å²) in [4.78, 5) is 16.1. The number of aryl methyl sites for hydroxylation is 1. The number of hydrogen-bond acceptors (Lipinski definition) is 3. The summed E-state index contributed by atoms with van der Waals surface area (Å²) in [7, 11) is 0. The van der Waals surface area contributed by atoms with E-state index in [2.05, 4.69) is 10.3 Å². The highest BCUT2D eigenvalue weighted by Crippen LogP contribution is 2.12. The zero-order chi connectivity index (χ0) is 13.0. The van der Waals surface area contributed by atoms with Crippen LogP contribution >= 0.6 is 0 Å². The molecule has 0 aliphatic carbocycles. The van der Waals surface area contributed by atoms with Gasteiger partial charge in [0, 0.05) is 12.6 Å². The number of amides is 1. The number of nitrogens with one attached hydrogen (secondary N) is 1. The third-order valence-electron chi connectivity index (χ3n) is 2.71. The zero-order valence-electron chi connectivity index (χ0n) is 10.5. The number of rotatable bonds is 4. The molecule has 94 valence electrons. The fourth-order valence-electron chi connectivity index (χ4n) is 1.66. The summed E-state index contributed by atoms with van der Waals surface area (Å²) in [5.74, 6) is 0.938. The molecule has 0 saturated heterocycles. The lowest BCUT2D eigenvalue weighted by Crippen LogP contribution is -2.26. The quantitative estimate of drug-likeness (QED) is 0.899. The first-order valence-electron chi connectivity index (χ1n) is 6.01. The molecule has 4 heteroatoms. The zero-order valence-corrected chi connectivity index (χ0v) is 10.5. The molecule has 4 nitrogen and oxygen atoms in total. The highest BCUT2D eigenvalue weighted by molar-refractivity contribution is 5.91. The van der Waals surface area contributed by atoms with Crippen LogP contribution in [0.5, 0.6) is 0 Å². The summed E-state index contributed by atoms with van der Waals surface area (Å²) < 4.78 is 5.40. The Bertz CT molecular complexity index is 520. The summed E-state index contributed by atoms with van der Waals surface area (Å²) in [6.45, 7) is 3.88. The van der Waals surface area contributed by atoms with E-state index < -0.39 is 0 Å². The molecule has 2 aromatic rings. The average Bonchev–Trinajstić information content (AvgIpc) is 2.88. The van der Waals surface area contributed by atoms with Gasteiger partial charge >= 0.3 is 0 Å². The van der Waals surface area contributed by atoms with Gasteiger partial charge in [0.2, 0.25) is 0 Å². The largest absolute Gasteiger partial charge is 0.456 e. The number of nitrogens with zero attached hydrogens (tertiary/aromatic N) is 1. The highest BCUT2D eigenvalue weighted by Gasteiger charge is 2.14. The van der Waals surface area contributed by atoms with E-state index in [0.717, 1.165) is 17.9 Å². The maximum absolute atomic E-state index is 11.9. The second-order valence-corrected chi connectivity index (χ2v) is 4.07. The van der Waals surface area contributed by atoms with Crippen LogP contribution in [0.3, 0.4) is 0 Å². The molecule has 0 aliphatic rings. The molecule has 2 aromatic heterocycles. The van der Waals surface area contributed by atoms with E-state index in [0.29, 0.717) is 5.76 Å².